The minimum atomic E-state index is -0.268. The van der Waals surface area contributed by atoms with Crippen LogP contribution in [-0.4, -0.2) is 26.2 Å². The minimum Gasteiger partial charge on any atom is -0.367 e. The molecule has 3 heterocycles. The van der Waals surface area contributed by atoms with Crippen molar-refractivity contribution in [3.8, 4) is 0 Å². The van der Waals surface area contributed by atoms with E-state index in [0.717, 1.165) is 17.0 Å². The van der Waals surface area contributed by atoms with Crippen molar-refractivity contribution in [2.45, 2.75) is 6.54 Å². The van der Waals surface area contributed by atoms with Crippen LogP contribution in [0.3, 0.4) is 0 Å². The van der Waals surface area contributed by atoms with E-state index in [1.807, 2.05) is 27.8 Å². The van der Waals surface area contributed by atoms with Crippen molar-refractivity contribution in [2.24, 2.45) is 7.05 Å². The van der Waals surface area contributed by atoms with E-state index >= 15 is 0 Å². The average molecular weight is 343 g/mol. The molecule has 0 radical (unpaired) electrons. The average Bonchev–Trinajstić information content (AvgIpc) is 3.20. The summed E-state index contributed by atoms with van der Waals surface area (Å²) in [5.41, 5.74) is 1.61. The first-order valence-electron chi connectivity index (χ1n) is 7.33. The van der Waals surface area contributed by atoms with Gasteiger partial charge in [0.1, 0.15) is 10.5 Å². The van der Waals surface area contributed by atoms with Gasteiger partial charge in [0, 0.05) is 19.8 Å². The van der Waals surface area contributed by atoms with Gasteiger partial charge in [-0.3, -0.25) is 13.8 Å². The lowest BCUT2D eigenvalue weighted by molar-refractivity contribution is 0.627. The van der Waals surface area contributed by atoms with Crippen LogP contribution in [0.15, 0.2) is 40.5 Å². The number of aromatic nitrogens is 4. The number of halogens is 1. The van der Waals surface area contributed by atoms with Gasteiger partial charge >= 0.3 is 0 Å². The molecule has 3 aromatic heterocycles. The first-order chi connectivity index (χ1) is 11.6. The van der Waals surface area contributed by atoms with Gasteiger partial charge in [-0.1, -0.05) is 0 Å². The van der Waals surface area contributed by atoms with Crippen molar-refractivity contribution in [3.05, 3.63) is 57.7 Å². The molecule has 0 bridgehead atoms. The zero-order valence-electron chi connectivity index (χ0n) is 13.1. The molecule has 6 nitrogen and oxygen atoms in total. The Bertz CT molecular complexity index is 1100. The molecule has 0 unspecified atom stereocenters. The van der Waals surface area contributed by atoms with Gasteiger partial charge in [0.05, 0.1) is 12.1 Å². The molecule has 1 aromatic carbocycles. The predicted molar refractivity (Wildman–Crippen MR) is 92.1 cm³/mol. The second kappa shape index (κ2) is 5.41. The highest BCUT2D eigenvalue weighted by atomic mass is 32.1. The fraction of sp³-hybridized carbons (Fsp3) is 0.188. The Morgan fingerprint density at radius 3 is 2.71 bits per heavy atom. The van der Waals surface area contributed by atoms with Crippen molar-refractivity contribution >= 4 is 33.0 Å². The van der Waals surface area contributed by atoms with Gasteiger partial charge in [-0.2, -0.15) is 0 Å². The zero-order valence-corrected chi connectivity index (χ0v) is 13.9. The van der Waals surface area contributed by atoms with E-state index in [9.17, 15) is 9.18 Å². The molecule has 4 rings (SSSR count). The zero-order chi connectivity index (χ0) is 16.8. The normalized spacial score (nSPS) is 11.5. The van der Waals surface area contributed by atoms with E-state index in [4.69, 9.17) is 0 Å². The number of aryl methyl sites for hydroxylation is 1. The van der Waals surface area contributed by atoms with E-state index in [1.165, 1.54) is 28.0 Å². The third-order valence-electron chi connectivity index (χ3n) is 4.04. The Morgan fingerprint density at radius 1 is 1.21 bits per heavy atom. The van der Waals surface area contributed by atoms with Crippen LogP contribution in [0.2, 0.25) is 0 Å². The quantitative estimate of drug-likeness (QED) is 0.573. The first kappa shape index (κ1) is 14.8. The molecular weight excluding hydrogens is 329 g/mol. The first-order valence-corrected chi connectivity index (χ1v) is 8.21. The Labute approximate surface area is 140 Å². The van der Waals surface area contributed by atoms with Crippen molar-refractivity contribution in [3.63, 3.8) is 0 Å². The van der Waals surface area contributed by atoms with Crippen LogP contribution in [-0.2, 0) is 13.6 Å². The predicted octanol–water partition coefficient (Wildman–Crippen LogP) is 2.42. The molecule has 0 saturated carbocycles. The van der Waals surface area contributed by atoms with E-state index < -0.39 is 0 Å². The molecule has 0 N–H and O–H groups in total. The number of rotatable bonds is 3. The number of benzene rings is 1. The summed E-state index contributed by atoms with van der Waals surface area (Å²) in [6.45, 7) is 0.482. The summed E-state index contributed by atoms with van der Waals surface area (Å²) < 4.78 is 17.2. The SMILES string of the molecule is CN(Cc1nnc2n(C)c(=O)c3sccc3n12)c1ccc(F)cc1. The van der Waals surface area contributed by atoms with Gasteiger partial charge in [-0.05, 0) is 35.7 Å². The number of fused-ring (bicyclic) bond motifs is 3. The topological polar surface area (TPSA) is 55.4 Å². The fourth-order valence-electron chi connectivity index (χ4n) is 2.75. The van der Waals surface area contributed by atoms with Crippen molar-refractivity contribution in [1.29, 1.82) is 0 Å². The number of hydrogen-bond donors (Lipinski definition) is 0. The van der Waals surface area contributed by atoms with Crippen LogP contribution < -0.4 is 10.5 Å². The van der Waals surface area contributed by atoms with Crippen LogP contribution >= 0.6 is 11.3 Å². The van der Waals surface area contributed by atoms with Gasteiger partial charge in [0.25, 0.3) is 5.56 Å². The molecule has 0 aliphatic carbocycles. The Kier molecular flexibility index (Phi) is 3.34. The van der Waals surface area contributed by atoms with Crippen molar-refractivity contribution < 1.29 is 4.39 Å². The number of hydrogen-bond acceptors (Lipinski definition) is 5. The summed E-state index contributed by atoms with van der Waals surface area (Å²) in [4.78, 5) is 14.3. The summed E-state index contributed by atoms with van der Waals surface area (Å²) in [5, 5.41) is 10.3. The maximum atomic E-state index is 13.1. The summed E-state index contributed by atoms with van der Waals surface area (Å²) in [7, 11) is 3.60. The standard InChI is InChI=1S/C16H14FN5OS/c1-20(11-5-3-10(17)4-6-11)9-13-18-19-16-21(2)15(23)14-12(22(13)16)7-8-24-14/h3-8H,9H2,1-2H3. The second-order valence-electron chi connectivity index (χ2n) is 5.58. The molecule has 0 fully saturated rings. The lowest BCUT2D eigenvalue weighted by atomic mass is 10.3. The maximum absolute atomic E-state index is 13.1. The fourth-order valence-corrected chi connectivity index (χ4v) is 3.61. The van der Waals surface area contributed by atoms with Crippen LogP contribution in [0, 0.1) is 5.82 Å². The molecule has 0 amide bonds. The molecule has 4 aromatic rings. The highest BCUT2D eigenvalue weighted by Crippen LogP contribution is 2.21. The van der Waals surface area contributed by atoms with Crippen LogP contribution in [0.5, 0.6) is 0 Å². The Hall–Kier alpha value is -2.74. The number of thiophene rings is 1. The second-order valence-corrected chi connectivity index (χ2v) is 6.50. The molecular formula is C16H14FN5OS. The van der Waals surface area contributed by atoms with Crippen LogP contribution in [0.25, 0.3) is 16.0 Å². The maximum Gasteiger partial charge on any atom is 0.272 e. The molecule has 8 heteroatoms. The minimum absolute atomic E-state index is 0.0710. The lowest BCUT2D eigenvalue weighted by Crippen LogP contribution is -2.21. The lowest BCUT2D eigenvalue weighted by Gasteiger charge is -2.18. The van der Waals surface area contributed by atoms with E-state index in [-0.39, 0.29) is 11.4 Å². The molecule has 24 heavy (non-hydrogen) atoms. The molecule has 0 atom stereocenters. The van der Waals surface area contributed by atoms with Crippen molar-refractivity contribution in [2.75, 3.05) is 11.9 Å². The largest absolute Gasteiger partial charge is 0.367 e. The summed E-state index contributed by atoms with van der Waals surface area (Å²) in [6, 6.07) is 8.19. The molecule has 0 spiro atoms. The third kappa shape index (κ3) is 2.18. The number of nitrogens with zero attached hydrogens (tertiary/aromatic N) is 5. The molecule has 122 valence electrons. The monoisotopic (exact) mass is 343 g/mol. The van der Waals surface area contributed by atoms with E-state index in [0.29, 0.717) is 17.0 Å². The van der Waals surface area contributed by atoms with E-state index in [1.54, 1.807) is 19.2 Å². The molecule has 0 aliphatic rings. The Morgan fingerprint density at radius 2 is 1.96 bits per heavy atom. The Balaban J connectivity index is 1.83. The van der Waals surface area contributed by atoms with Crippen molar-refractivity contribution in [1.82, 2.24) is 19.2 Å². The van der Waals surface area contributed by atoms with Gasteiger partial charge in [-0.25, -0.2) is 4.39 Å². The molecule has 0 saturated heterocycles. The third-order valence-corrected chi connectivity index (χ3v) is 4.93. The van der Waals surface area contributed by atoms with Crippen LogP contribution in [0.1, 0.15) is 5.82 Å². The van der Waals surface area contributed by atoms with E-state index in [2.05, 4.69) is 10.2 Å². The molecule has 0 aliphatic heterocycles. The highest BCUT2D eigenvalue weighted by Gasteiger charge is 2.16. The number of anilines is 1. The highest BCUT2D eigenvalue weighted by molar-refractivity contribution is 7.17. The smallest absolute Gasteiger partial charge is 0.272 e. The van der Waals surface area contributed by atoms with Gasteiger partial charge in [0.15, 0.2) is 5.82 Å². The summed E-state index contributed by atoms with van der Waals surface area (Å²) >= 11 is 1.41. The summed E-state index contributed by atoms with van der Waals surface area (Å²) in [6.07, 6.45) is 0. The van der Waals surface area contributed by atoms with Gasteiger partial charge < -0.3 is 4.90 Å². The van der Waals surface area contributed by atoms with Gasteiger partial charge in [0.2, 0.25) is 5.78 Å². The van der Waals surface area contributed by atoms with Gasteiger partial charge in [-0.15, -0.1) is 21.5 Å². The summed E-state index contributed by atoms with van der Waals surface area (Å²) in [5.74, 6) is 0.958. The van der Waals surface area contributed by atoms with Crippen LogP contribution in [0.4, 0.5) is 10.1 Å².